The van der Waals surface area contributed by atoms with Crippen LogP contribution in [0.2, 0.25) is 0 Å². The van der Waals surface area contributed by atoms with E-state index in [4.69, 9.17) is 18.0 Å². The Balaban J connectivity index is 3.70. The van der Waals surface area contributed by atoms with Crippen LogP contribution in [0.1, 0.15) is 33.1 Å². The minimum atomic E-state index is -0.741. The molecule has 3 nitrogen and oxygen atoms in total. The van der Waals surface area contributed by atoms with Crippen LogP contribution in [0.3, 0.4) is 0 Å². The summed E-state index contributed by atoms with van der Waals surface area (Å²) in [6.07, 6.45) is 5.47. The standard InChI is InChI=1S/C11H22N2OS2/c1-11(2,9(12)15)10(14)13-7-5-4-6-8-16-3/h4-8H2,1-3H3,(H2,12,15)(H,13,14). The molecule has 0 aromatic heterocycles. The van der Waals surface area contributed by atoms with Crippen LogP contribution in [0.5, 0.6) is 0 Å². The van der Waals surface area contributed by atoms with Crippen LogP contribution in [0.25, 0.3) is 0 Å². The lowest BCUT2D eigenvalue weighted by Gasteiger charge is -2.21. The molecule has 1 amide bonds. The van der Waals surface area contributed by atoms with Gasteiger partial charge in [-0.3, -0.25) is 4.79 Å². The molecule has 0 aliphatic carbocycles. The van der Waals surface area contributed by atoms with Crippen LogP contribution in [-0.4, -0.2) is 29.4 Å². The Morgan fingerprint density at radius 1 is 1.38 bits per heavy atom. The Bertz CT molecular complexity index is 242. The molecule has 0 aromatic carbocycles. The predicted molar refractivity (Wildman–Crippen MR) is 75.8 cm³/mol. The van der Waals surface area contributed by atoms with Gasteiger partial charge in [0.05, 0.1) is 10.4 Å². The van der Waals surface area contributed by atoms with Crippen LogP contribution in [0, 0.1) is 5.41 Å². The molecule has 0 atom stereocenters. The molecule has 0 unspecified atom stereocenters. The Morgan fingerprint density at radius 2 is 2.00 bits per heavy atom. The van der Waals surface area contributed by atoms with Gasteiger partial charge < -0.3 is 11.1 Å². The third-order valence-electron chi connectivity index (χ3n) is 2.49. The van der Waals surface area contributed by atoms with Crippen molar-refractivity contribution in [3.63, 3.8) is 0 Å². The maximum Gasteiger partial charge on any atom is 0.232 e. The number of carbonyl (C=O) groups excluding carboxylic acids is 1. The highest BCUT2D eigenvalue weighted by Gasteiger charge is 2.30. The summed E-state index contributed by atoms with van der Waals surface area (Å²) >= 11 is 6.71. The molecule has 0 saturated heterocycles. The first kappa shape index (κ1) is 15.7. The fourth-order valence-electron chi connectivity index (χ4n) is 1.08. The van der Waals surface area contributed by atoms with Crippen molar-refractivity contribution in [2.24, 2.45) is 11.1 Å². The van der Waals surface area contributed by atoms with Gasteiger partial charge in [0.2, 0.25) is 5.91 Å². The van der Waals surface area contributed by atoms with E-state index in [2.05, 4.69) is 11.6 Å². The third kappa shape index (κ3) is 5.70. The first-order chi connectivity index (χ1) is 7.42. The van der Waals surface area contributed by atoms with Gasteiger partial charge in [0.25, 0.3) is 0 Å². The fraction of sp³-hybridized carbons (Fsp3) is 0.818. The Hall–Kier alpha value is -0.290. The molecule has 0 rings (SSSR count). The van der Waals surface area contributed by atoms with E-state index in [9.17, 15) is 4.79 Å². The van der Waals surface area contributed by atoms with E-state index in [1.807, 2.05) is 11.8 Å². The maximum absolute atomic E-state index is 11.7. The summed E-state index contributed by atoms with van der Waals surface area (Å²) in [5.74, 6) is 1.11. The lowest BCUT2D eigenvalue weighted by Crippen LogP contribution is -2.45. The van der Waals surface area contributed by atoms with Crippen LogP contribution in [-0.2, 0) is 4.79 Å². The summed E-state index contributed by atoms with van der Waals surface area (Å²) in [7, 11) is 0. The highest BCUT2D eigenvalue weighted by Crippen LogP contribution is 2.15. The van der Waals surface area contributed by atoms with Gasteiger partial charge in [-0.1, -0.05) is 18.6 Å². The van der Waals surface area contributed by atoms with Crippen LogP contribution in [0.4, 0.5) is 0 Å². The molecule has 0 heterocycles. The third-order valence-corrected chi connectivity index (χ3v) is 3.70. The van der Waals surface area contributed by atoms with E-state index in [-0.39, 0.29) is 10.9 Å². The molecular weight excluding hydrogens is 240 g/mol. The van der Waals surface area contributed by atoms with Gasteiger partial charge in [0.1, 0.15) is 0 Å². The van der Waals surface area contributed by atoms with Crippen molar-refractivity contribution in [2.45, 2.75) is 33.1 Å². The van der Waals surface area contributed by atoms with Crippen LogP contribution < -0.4 is 11.1 Å². The second kappa shape index (κ2) is 7.90. The van der Waals surface area contributed by atoms with Gasteiger partial charge in [0.15, 0.2) is 0 Å². The predicted octanol–water partition coefficient (Wildman–Crippen LogP) is 1.95. The zero-order valence-electron chi connectivity index (χ0n) is 10.3. The minimum Gasteiger partial charge on any atom is -0.392 e. The second-order valence-electron chi connectivity index (χ2n) is 4.30. The molecule has 0 aliphatic heterocycles. The molecular formula is C11H22N2OS2. The normalized spacial score (nSPS) is 11.2. The topological polar surface area (TPSA) is 55.1 Å². The number of nitrogens with one attached hydrogen (secondary N) is 1. The number of amides is 1. The van der Waals surface area contributed by atoms with E-state index in [0.29, 0.717) is 6.54 Å². The zero-order valence-corrected chi connectivity index (χ0v) is 12.0. The van der Waals surface area contributed by atoms with Crippen molar-refractivity contribution in [3.8, 4) is 0 Å². The highest BCUT2D eigenvalue weighted by molar-refractivity contribution is 7.98. The molecule has 0 saturated carbocycles. The highest BCUT2D eigenvalue weighted by atomic mass is 32.2. The largest absolute Gasteiger partial charge is 0.392 e. The number of rotatable bonds is 8. The van der Waals surface area contributed by atoms with Gasteiger partial charge in [0, 0.05) is 6.54 Å². The van der Waals surface area contributed by atoms with Gasteiger partial charge >= 0.3 is 0 Å². The van der Waals surface area contributed by atoms with Crippen molar-refractivity contribution in [1.82, 2.24) is 5.32 Å². The SMILES string of the molecule is CSCCCCCNC(=O)C(C)(C)C(N)=S. The summed E-state index contributed by atoms with van der Waals surface area (Å²) in [4.78, 5) is 12.0. The molecule has 94 valence electrons. The molecule has 0 aromatic rings. The minimum absolute atomic E-state index is 0.0788. The molecule has 0 bridgehead atoms. The lowest BCUT2D eigenvalue weighted by molar-refractivity contribution is -0.126. The second-order valence-corrected chi connectivity index (χ2v) is 5.72. The number of carbonyl (C=O) groups is 1. The summed E-state index contributed by atoms with van der Waals surface area (Å²) < 4.78 is 0. The average molecular weight is 262 g/mol. The summed E-state index contributed by atoms with van der Waals surface area (Å²) in [5.41, 5.74) is 4.77. The molecule has 0 spiro atoms. The lowest BCUT2D eigenvalue weighted by atomic mass is 9.92. The first-order valence-electron chi connectivity index (χ1n) is 5.50. The van der Waals surface area contributed by atoms with Crippen molar-refractivity contribution in [3.05, 3.63) is 0 Å². The van der Waals surface area contributed by atoms with Gasteiger partial charge in [-0.25, -0.2) is 0 Å². The number of thioether (sulfide) groups is 1. The summed E-state index contributed by atoms with van der Waals surface area (Å²) in [6, 6.07) is 0. The van der Waals surface area contributed by atoms with Gasteiger partial charge in [-0.2, -0.15) is 11.8 Å². The molecule has 0 fully saturated rings. The first-order valence-corrected chi connectivity index (χ1v) is 7.30. The number of thiocarbonyl (C=S) groups is 1. The Morgan fingerprint density at radius 3 is 2.50 bits per heavy atom. The van der Waals surface area contributed by atoms with E-state index in [1.165, 1.54) is 12.2 Å². The van der Waals surface area contributed by atoms with E-state index < -0.39 is 5.41 Å². The summed E-state index contributed by atoms with van der Waals surface area (Å²) in [6.45, 7) is 4.20. The molecule has 0 radical (unpaired) electrons. The molecule has 5 heteroatoms. The average Bonchev–Trinajstić information content (AvgIpc) is 2.22. The van der Waals surface area contributed by atoms with Crippen LogP contribution >= 0.6 is 24.0 Å². The Labute approximate surface area is 108 Å². The van der Waals surface area contributed by atoms with Gasteiger partial charge in [-0.15, -0.1) is 0 Å². The van der Waals surface area contributed by atoms with Crippen molar-refractivity contribution in [2.75, 3.05) is 18.6 Å². The molecule has 3 N–H and O–H groups in total. The zero-order chi connectivity index (χ0) is 12.6. The van der Waals surface area contributed by atoms with Crippen LogP contribution in [0.15, 0.2) is 0 Å². The molecule has 16 heavy (non-hydrogen) atoms. The smallest absolute Gasteiger partial charge is 0.232 e. The maximum atomic E-state index is 11.7. The van der Waals surface area contributed by atoms with E-state index in [0.717, 1.165) is 12.8 Å². The number of nitrogens with two attached hydrogens (primary N) is 1. The van der Waals surface area contributed by atoms with Crippen molar-refractivity contribution in [1.29, 1.82) is 0 Å². The van der Waals surface area contributed by atoms with Gasteiger partial charge in [-0.05, 0) is 38.7 Å². The van der Waals surface area contributed by atoms with E-state index >= 15 is 0 Å². The number of hydrogen-bond donors (Lipinski definition) is 2. The quantitative estimate of drug-likeness (QED) is 0.518. The Kier molecular flexibility index (Phi) is 7.76. The van der Waals surface area contributed by atoms with E-state index in [1.54, 1.807) is 13.8 Å². The monoisotopic (exact) mass is 262 g/mol. The number of hydrogen-bond acceptors (Lipinski definition) is 3. The summed E-state index contributed by atoms with van der Waals surface area (Å²) in [5, 5.41) is 2.87. The molecule has 0 aliphatic rings. The number of unbranched alkanes of at least 4 members (excludes halogenated alkanes) is 2. The van der Waals surface area contributed by atoms with Crippen molar-refractivity contribution >= 4 is 34.9 Å². The fourth-order valence-corrected chi connectivity index (χ4v) is 1.67. The van der Waals surface area contributed by atoms with Crippen molar-refractivity contribution < 1.29 is 4.79 Å².